The third-order valence-electron chi connectivity index (χ3n) is 16.3. The van der Waals surface area contributed by atoms with Gasteiger partial charge in [0.2, 0.25) is 0 Å². The average molecular weight is 883 g/mol. The smallest absolute Gasteiger partial charge is 0.258 e. The van der Waals surface area contributed by atoms with Crippen molar-refractivity contribution < 1.29 is 8.83 Å². The first-order chi connectivity index (χ1) is 33.9. The van der Waals surface area contributed by atoms with Gasteiger partial charge in [-0.3, -0.25) is 17.9 Å². The van der Waals surface area contributed by atoms with Gasteiger partial charge in [-0.15, -0.1) is 0 Å². The van der Waals surface area contributed by atoms with E-state index >= 15 is 0 Å². The first-order valence-corrected chi connectivity index (χ1v) is 24.0. The molecule has 0 saturated heterocycles. The van der Waals surface area contributed by atoms with Gasteiger partial charge >= 0.3 is 0 Å². The minimum Gasteiger partial charge on any atom is -0.456 e. The molecule has 8 heterocycles. The van der Waals surface area contributed by atoms with E-state index in [2.05, 4.69) is 209 Å². The van der Waals surface area contributed by atoms with Crippen molar-refractivity contribution in [2.45, 2.75) is 27.7 Å². The highest BCUT2D eigenvalue weighted by Crippen LogP contribution is 2.46. The molecule has 17 rings (SSSR count). The van der Waals surface area contributed by atoms with Gasteiger partial charge < -0.3 is 8.83 Å². The van der Waals surface area contributed by atoms with Crippen LogP contribution in [-0.4, -0.2) is 24.6 Å². The van der Waals surface area contributed by atoms with Gasteiger partial charge in [0.25, 0.3) is 6.71 Å². The summed E-state index contributed by atoms with van der Waals surface area (Å²) in [5.41, 5.74) is 29.6. The first-order valence-electron chi connectivity index (χ1n) is 24.0. The summed E-state index contributed by atoms with van der Waals surface area (Å²) in [6, 6.07) is 60.8. The van der Waals surface area contributed by atoms with Crippen molar-refractivity contribution in [1.29, 1.82) is 0 Å². The predicted molar refractivity (Wildman–Crippen MR) is 286 cm³/mol. The van der Waals surface area contributed by atoms with Gasteiger partial charge in [-0.05, 0) is 160 Å². The number of furan rings is 2. The maximum Gasteiger partial charge on any atom is 0.258 e. The van der Waals surface area contributed by atoms with Crippen molar-refractivity contribution in [3.8, 4) is 33.6 Å². The van der Waals surface area contributed by atoms with Crippen molar-refractivity contribution in [3.63, 3.8) is 0 Å². The zero-order chi connectivity index (χ0) is 45.3. The number of hydrogen-bond donors (Lipinski definition) is 0. The molecule has 2 aliphatic heterocycles. The summed E-state index contributed by atoms with van der Waals surface area (Å²) in [4.78, 5) is 0. The largest absolute Gasteiger partial charge is 0.456 e. The second-order valence-electron chi connectivity index (χ2n) is 19.8. The molecular formula is C62H39BN4O2. The van der Waals surface area contributed by atoms with Crippen LogP contribution in [0.15, 0.2) is 173 Å². The molecular weight excluding hydrogens is 844 g/mol. The van der Waals surface area contributed by atoms with E-state index in [4.69, 9.17) is 8.83 Å². The number of imidazole rings is 2. The van der Waals surface area contributed by atoms with Crippen molar-refractivity contribution in [2.24, 2.45) is 0 Å². The Morgan fingerprint density at radius 2 is 0.797 bits per heavy atom. The summed E-state index contributed by atoms with van der Waals surface area (Å²) in [6.45, 7) is 8.86. The minimum absolute atomic E-state index is 0.0879. The molecule has 0 bridgehead atoms. The van der Waals surface area contributed by atoms with Crippen LogP contribution in [0.3, 0.4) is 0 Å². The Morgan fingerprint density at radius 1 is 0.362 bits per heavy atom. The molecule has 0 radical (unpaired) electrons. The van der Waals surface area contributed by atoms with Gasteiger partial charge in [-0.2, -0.15) is 0 Å². The highest BCUT2D eigenvalue weighted by atomic mass is 16.3. The SMILES string of the molecule is Cc1cccc(C)c1-c1ccc2c3c4n(c5c6c(ccc5n4c2c1)oc1ccccc16)-c1cccc2c1B3c1c3ccc(-c4c(C)cccc4C)cc3n3c4ccc5oc6ccccc6c5c4n-2c13. The lowest BCUT2D eigenvalue weighted by Crippen LogP contribution is -2.59. The highest BCUT2D eigenvalue weighted by molar-refractivity contribution is 7.02. The van der Waals surface area contributed by atoms with E-state index in [0.717, 1.165) is 65.9 Å². The Morgan fingerprint density at radius 3 is 1.26 bits per heavy atom. The van der Waals surface area contributed by atoms with Crippen LogP contribution in [0.1, 0.15) is 22.3 Å². The quantitative estimate of drug-likeness (QED) is 0.162. The summed E-state index contributed by atoms with van der Waals surface area (Å²) in [7, 11) is 0. The van der Waals surface area contributed by atoms with E-state index < -0.39 is 0 Å². The van der Waals surface area contributed by atoms with E-state index in [9.17, 15) is 0 Å². The molecule has 9 aromatic carbocycles. The second kappa shape index (κ2) is 12.3. The molecule has 2 aliphatic rings. The van der Waals surface area contributed by atoms with Crippen LogP contribution in [0.2, 0.25) is 0 Å². The average Bonchev–Trinajstić information content (AvgIpc) is 4.20. The normalized spacial score (nSPS) is 13.2. The Labute approximate surface area is 394 Å². The topological polar surface area (TPSA) is 45.0 Å². The van der Waals surface area contributed by atoms with Crippen LogP contribution in [0.4, 0.5) is 0 Å². The van der Waals surface area contributed by atoms with Gasteiger partial charge in [-0.25, -0.2) is 0 Å². The molecule has 0 N–H and O–H groups in total. The van der Waals surface area contributed by atoms with Gasteiger partial charge in [0.1, 0.15) is 33.6 Å². The molecule has 0 saturated carbocycles. The summed E-state index contributed by atoms with van der Waals surface area (Å²) in [5.74, 6) is 0. The van der Waals surface area contributed by atoms with E-state index in [1.807, 2.05) is 0 Å². The van der Waals surface area contributed by atoms with E-state index in [0.29, 0.717) is 0 Å². The third-order valence-corrected chi connectivity index (χ3v) is 16.3. The Bertz CT molecular complexity index is 4560. The summed E-state index contributed by atoms with van der Waals surface area (Å²) in [6.07, 6.45) is 0. The Kier molecular flexibility index (Phi) is 6.47. The predicted octanol–water partition coefficient (Wildman–Crippen LogP) is 13.9. The van der Waals surface area contributed by atoms with Crippen LogP contribution in [0, 0.1) is 27.7 Å². The fourth-order valence-corrected chi connectivity index (χ4v) is 13.7. The van der Waals surface area contributed by atoms with Gasteiger partial charge in [0.05, 0.1) is 43.9 Å². The molecule has 0 unspecified atom stereocenters. The van der Waals surface area contributed by atoms with Crippen molar-refractivity contribution >= 4 is 122 Å². The molecule has 322 valence electrons. The van der Waals surface area contributed by atoms with Gasteiger partial charge in [-0.1, -0.05) is 103 Å². The monoisotopic (exact) mass is 882 g/mol. The van der Waals surface area contributed by atoms with E-state index in [-0.39, 0.29) is 6.71 Å². The number of aromatic nitrogens is 4. The number of fused-ring (bicyclic) bond motifs is 24. The maximum atomic E-state index is 6.68. The second-order valence-corrected chi connectivity index (χ2v) is 19.8. The van der Waals surface area contributed by atoms with E-state index in [1.165, 1.54) is 105 Å². The number of nitrogens with zero attached hydrogens (tertiary/aromatic N) is 4. The molecule has 0 spiro atoms. The lowest BCUT2D eigenvalue weighted by atomic mass is 9.34. The molecule has 0 fully saturated rings. The zero-order valence-corrected chi connectivity index (χ0v) is 38.3. The fourth-order valence-electron chi connectivity index (χ4n) is 13.7. The Hall–Kier alpha value is -8.68. The molecule has 0 aliphatic carbocycles. The van der Waals surface area contributed by atoms with E-state index in [1.54, 1.807) is 0 Å². The molecule has 0 amide bonds. The first kappa shape index (κ1) is 36.4. The van der Waals surface area contributed by atoms with Crippen LogP contribution < -0.4 is 16.4 Å². The van der Waals surface area contributed by atoms with Crippen LogP contribution in [0.5, 0.6) is 0 Å². The third kappa shape index (κ3) is 4.20. The number of hydrogen-bond acceptors (Lipinski definition) is 2. The zero-order valence-electron chi connectivity index (χ0n) is 38.3. The van der Waals surface area contributed by atoms with Gasteiger partial charge in [0, 0.05) is 22.1 Å². The molecule has 6 aromatic heterocycles. The highest BCUT2D eigenvalue weighted by Gasteiger charge is 2.45. The van der Waals surface area contributed by atoms with Crippen molar-refractivity contribution in [2.75, 3.05) is 0 Å². The van der Waals surface area contributed by atoms with Crippen LogP contribution in [0.25, 0.3) is 133 Å². The summed E-state index contributed by atoms with van der Waals surface area (Å²) < 4.78 is 23.7. The molecule has 6 nitrogen and oxygen atoms in total. The minimum atomic E-state index is -0.0879. The number of aryl methyl sites for hydroxylation is 4. The van der Waals surface area contributed by atoms with Crippen molar-refractivity contribution in [1.82, 2.24) is 17.9 Å². The molecule has 15 aromatic rings. The summed E-state index contributed by atoms with van der Waals surface area (Å²) >= 11 is 0. The Balaban J connectivity index is 1.11. The van der Waals surface area contributed by atoms with Crippen LogP contribution >= 0.6 is 0 Å². The van der Waals surface area contributed by atoms with Gasteiger partial charge in [0.15, 0.2) is 0 Å². The maximum absolute atomic E-state index is 6.68. The number of rotatable bonds is 2. The number of para-hydroxylation sites is 2. The summed E-state index contributed by atoms with van der Waals surface area (Å²) in [5, 5.41) is 7.06. The molecule has 7 heteroatoms. The van der Waals surface area contributed by atoms with Crippen LogP contribution in [-0.2, 0) is 0 Å². The molecule has 0 atom stereocenters. The molecule has 69 heavy (non-hydrogen) atoms. The number of benzene rings is 9. The lowest BCUT2D eigenvalue weighted by Gasteiger charge is -2.31. The lowest BCUT2D eigenvalue weighted by molar-refractivity contribution is 0.669. The van der Waals surface area contributed by atoms with Crippen molar-refractivity contribution in [3.05, 3.63) is 186 Å². The standard InChI is InChI=1S/C62H39BN4O2/c1-32-12-9-13-33(2)52(32)36-22-24-38-46(30-36)64-44-26-28-50-54(40-16-5-7-20-48(40)68-50)59(44)66-42-18-11-19-43-58(42)63(56(38)61(64)66)57-39-25-23-37(53-34(3)14-10-15-35(53)4)31-47(39)65-45-27-29-51-55(60(45)67(43)62(57)65)41-17-6-8-21-49(41)69-51/h5-31H,1-4H3. The fraction of sp³-hybridized carbons (Fsp3) is 0.0645.